The third kappa shape index (κ3) is 4.02. The molecule has 0 spiro atoms. The quantitative estimate of drug-likeness (QED) is 0.611. The second kappa shape index (κ2) is 7.40. The van der Waals surface area contributed by atoms with Crippen molar-refractivity contribution in [3.63, 3.8) is 0 Å². The first-order chi connectivity index (χ1) is 12.9. The second-order valence-corrected chi connectivity index (χ2v) is 6.24. The molecule has 1 aromatic heterocycles. The fourth-order valence-corrected chi connectivity index (χ4v) is 2.56. The van der Waals surface area contributed by atoms with E-state index in [1.54, 1.807) is 19.1 Å². The van der Waals surface area contributed by atoms with E-state index in [4.69, 9.17) is 0 Å². The van der Waals surface area contributed by atoms with Gasteiger partial charge in [-0.1, -0.05) is 6.07 Å². The lowest BCUT2D eigenvalue weighted by Crippen LogP contribution is -2.22. The van der Waals surface area contributed by atoms with Gasteiger partial charge in [-0.2, -0.15) is 0 Å². The average Bonchev–Trinajstić information content (AvgIpc) is 3.48. The zero-order valence-corrected chi connectivity index (χ0v) is 14.9. The van der Waals surface area contributed by atoms with Crippen LogP contribution in [0.1, 0.15) is 39.3 Å². The molecule has 9 nitrogen and oxygen atoms in total. The Morgan fingerprint density at radius 3 is 2.52 bits per heavy atom. The predicted molar refractivity (Wildman–Crippen MR) is 98.2 cm³/mol. The maximum absolute atomic E-state index is 12.1. The van der Waals surface area contributed by atoms with Crippen LogP contribution in [-0.4, -0.2) is 40.1 Å². The van der Waals surface area contributed by atoms with E-state index < -0.39 is 11.9 Å². The van der Waals surface area contributed by atoms with Gasteiger partial charge in [-0.05, 0) is 37.5 Å². The summed E-state index contributed by atoms with van der Waals surface area (Å²) in [5, 5.41) is 25.3. The smallest absolute Gasteiger partial charge is 0.336 e. The molecule has 4 N–H and O–H groups in total. The monoisotopic (exact) mass is 369 g/mol. The molecular formula is C18H19N5O4. The van der Waals surface area contributed by atoms with Gasteiger partial charge in [0.15, 0.2) is 11.5 Å². The lowest BCUT2D eigenvalue weighted by molar-refractivity contribution is -0.117. The number of anilines is 3. The standard InChI is InChI=1S/C18H19N5O4/c1-9-11(18(26)27)4-3-5-12(9)20-13-8-14(21-16(24)10-6-7-10)22-23-15(13)17(25)19-2/h3-5,8,10H,6-7H2,1-2H3,(H,19,25)(H,26,27)(H2,20,21,22,24). The predicted octanol–water partition coefficient (Wildman–Crippen LogP) is 1.93. The third-order valence-electron chi connectivity index (χ3n) is 4.27. The molecule has 1 saturated carbocycles. The molecule has 0 saturated heterocycles. The lowest BCUT2D eigenvalue weighted by atomic mass is 10.1. The van der Waals surface area contributed by atoms with Crippen molar-refractivity contribution in [3.05, 3.63) is 41.1 Å². The summed E-state index contributed by atoms with van der Waals surface area (Å²) in [5.74, 6) is -1.43. The van der Waals surface area contributed by atoms with Crippen molar-refractivity contribution >= 4 is 35.0 Å². The first-order valence-corrected chi connectivity index (χ1v) is 8.41. The highest BCUT2D eigenvalue weighted by molar-refractivity contribution is 6.00. The topological polar surface area (TPSA) is 133 Å². The van der Waals surface area contributed by atoms with Crippen LogP contribution >= 0.6 is 0 Å². The molecule has 0 aliphatic heterocycles. The molecule has 0 unspecified atom stereocenters. The van der Waals surface area contributed by atoms with Gasteiger partial charge in [-0.15, -0.1) is 10.2 Å². The molecule has 9 heteroatoms. The summed E-state index contributed by atoms with van der Waals surface area (Å²) in [4.78, 5) is 35.4. The number of hydrogen-bond donors (Lipinski definition) is 4. The van der Waals surface area contributed by atoms with Gasteiger partial charge >= 0.3 is 5.97 Å². The Balaban J connectivity index is 1.96. The summed E-state index contributed by atoms with van der Waals surface area (Å²) >= 11 is 0. The Hall–Kier alpha value is -3.49. The third-order valence-corrected chi connectivity index (χ3v) is 4.27. The molecule has 2 aromatic rings. The fraction of sp³-hybridized carbons (Fsp3) is 0.278. The Kier molecular flexibility index (Phi) is 5.02. The molecule has 27 heavy (non-hydrogen) atoms. The summed E-state index contributed by atoms with van der Waals surface area (Å²) in [7, 11) is 1.47. The molecule has 0 bridgehead atoms. The van der Waals surface area contributed by atoms with Crippen LogP contribution < -0.4 is 16.0 Å². The summed E-state index contributed by atoms with van der Waals surface area (Å²) in [6, 6.07) is 6.29. The number of carbonyl (C=O) groups excluding carboxylic acids is 2. The van der Waals surface area contributed by atoms with Crippen LogP contribution in [0.3, 0.4) is 0 Å². The van der Waals surface area contributed by atoms with E-state index in [0.717, 1.165) is 12.8 Å². The lowest BCUT2D eigenvalue weighted by Gasteiger charge is -2.14. The molecule has 3 rings (SSSR count). The van der Waals surface area contributed by atoms with E-state index >= 15 is 0 Å². The van der Waals surface area contributed by atoms with Gasteiger partial charge in [0.1, 0.15) is 0 Å². The van der Waals surface area contributed by atoms with E-state index in [1.807, 2.05) is 0 Å². The fourth-order valence-electron chi connectivity index (χ4n) is 2.56. The molecule has 0 radical (unpaired) electrons. The molecule has 1 aromatic carbocycles. The number of nitrogens with one attached hydrogen (secondary N) is 3. The molecule has 1 aliphatic rings. The molecule has 2 amide bonds. The van der Waals surface area contributed by atoms with E-state index in [0.29, 0.717) is 16.9 Å². The van der Waals surface area contributed by atoms with Gasteiger partial charge in [0.2, 0.25) is 5.91 Å². The second-order valence-electron chi connectivity index (χ2n) is 6.24. The maximum Gasteiger partial charge on any atom is 0.336 e. The first-order valence-electron chi connectivity index (χ1n) is 8.41. The number of aromatic nitrogens is 2. The van der Waals surface area contributed by atoms with Gasteiger partial charge in [-0.25, -0.2) is 4.79 Å². The minimum Gasteiger partial charge on any atom is -0.478 e. The number of benzene rings is 1. The van der Waals surface area contributed by atoms with Crippen LogP contribution in [0, 0.1) is 12.8 Å². The summed E-state index contributed by atoms with van der Waals surface area (Å²) in [6.45, 7) is 1.66. The minimum absolute atomic E-state index is 0.00341. The number of aromatic carboxylic acids is 1. The van der Waals surface area contributed by atoms with Crippen LogP contribution in [-0.2, 0) is 4.79 Å². The molecule has 1 fully saturated rings. The largest absolute Gasteiger partial charge is 0.478 e. The van der Waals surface area contributed by atoms with Crippen LogP contribution in [0.2, 0.25) is 0 Å². The number of carboxylic acid groups (broad SMARTS) is 1. The van der Waals surface area contributed by atoms with Crippen molar-refractivity contribution in [2.24, 2.45) is 5.92 Å². The molecule has 0 atom stereocenters. The molecule has 140 valence electrons. The highest BCUT2D eigenvalue weighted by Crippen LogP contribution is 2.31. The van der Waals surface area contributed by atoms with Crippen molar-refractivity contribution in [2.45, 2.75) is 19.8 Å². The summed E-state index contributed by atoms with van der Waals surface area (Å²) in [6.07, 6.45) is 1.70. The number of amides is 2. The van der Waals surface area contributed by atoms with Crippen molar-refractivity contribution in [3.8, 4) is 0 Å². The highest BCUT2D eigenvalue weighted by Gasteiger charge is 2.30. The maximum atomic E-state index is 12.1. The van der Waals surface area contributed by atoms with E-state index in [2.05, 4.69) is 26.1 Å². The highest BCUT2D eigenvalue weighted by atomic mass is 16.4. The van der Waals surface area contributed by atoms with Gasteiger partial charge in [0, 0.05) is 24.7 Å². The van der Waals surface area contributed by atoms with Gasteiger partial charge < -0.3 is 21.1 Å². The zero-order valence-electron chi connectivity index (χ0n) is 14.9. The Labute approximate surface area is 155 Å². The van der Waals surface area contributed by atoms with E-state index in [1.165, 1.54) is 19.2 Å². The molecule has 1 aliphatic carbocycles. The minimum atomic E-state index is -1.05. The van der Waals surface area contributed by atoms with Gasteiger partial charge in [0.05, 0.1) is 11.3 Å². The molecule has 1 heterocycles. The van der Waals surface area contributed by atoms with Gasteiger partial charge in [-0.3, -0.25) is 9.59 Å². The number of carboxylic acids is 1. The SMILES string of the molecule is CNC(=O)c1nnc(NC(=O)C2CC2)cc1Nc1cccc(C(=O)O)c1C. The Morgan fingerprint density at radius 2 is 1.89 bits per heavy atom. The van der Waals surface area contributed by atoms with Crippen molar-refractivity contribution in [1.82, 2.24) is 15.5 Å². The van der Waals surface area contributed by atoms with Crippen LogP contribution in [0.5, 0.6) is 0 Å². The van der Waals surface area contributed by atoms with Crippen molar-refractivity contribution in [2.75, 3.05) is 17.7 Å². The molecular weight excluding hydrogens is 350 g/mol. The van der Waals surface area contributed by atoms with Gasteiger partial charge in [0.25, 0.3) is 5.91 Å². The normalized spacial score (nSPS) is 13.0. The van der Waals surface area contributed by atoms with Crippen molar-refractivity contribution in [1.29, 1.82) is 0 Å². The average molecular weight is 369 g/mol. The Bertz CT molecular complexity index is 924. The van der Waals surface area contributed by atoms with E-state index in [-0.39, 0.29) is 28.9 Å². The Morgan fingerprint density at radius 1 is 1.15 bits per heavy atom. The van der Waals surface area contributed by atoms with E-state index in [9.17, 15) is 19.5 Å². The number of rotatable bonds is 6. The zero-order chi connectivity index (χ0) is 19.6. The summed E-state index contributed by atoms with van der Waals surface area (Å²) in [5.41, 5.74) is 1.50. The van der Waals surface area contributed by atoms with Crippen LogP contribution in [0.25, 0.3) is 0 Å². The first kappa shape index (κ1) is 18.3. The number of carbonyl (C=O) groups is 3. The summed E-state index contributed by atoms with van der Waals surface area (Å²) < 4.78 is 0. The van der Waals surface area contributed by atoms with Crippen molar-refractivity contribution < 1.29 is 19.5 Å². The number of hydrogen-bond acceptors (Lipinski definition) is 6. The number of nitrogens with zero attached hydrogens (tertiary/aromatic N) is 2. The van der Waals surface area contributed by atoms with Crippen LogP contribution in [0.15, 0.2) is 24.3 Å². The van der Waals surface area contributed by atoms with Crippen LogP contribution in [0.4, 0.5) is 17.2 Å².